The van der Waals surface area contributed by atoms with Gasteiger partial charge in [0.05, 0.1) is 23.8 Å². The van der Waals surface area contributed by atoms with Crippen LogP contribution in [0.25, 0.3) is 11.3 Å². The van der Waals surface area contributed by atoms with Crippen LogP contribution in [0, 0.1) is 6.92 Å². The smallest absolute Gasteiger partial charge is 0.145 e. The van der Waals surface area contributed by atoms with Gasteiger partial charge in [0.15, 0.2) is 0 Å². The number of pyridine rings is 1. The zero-order valence-corrected chi connectivity index (χ0v) is 19.6. The van der Waals surface area contributed by atoms with Crippen LogP contribution in [0.3, 0.4) is 0 Å². The van der Waals surface area contributed by atoms with Crippen molar-refractivity contribution in [1.29, 1.82) is 0 Å². The second-order valence-corrected chi connectivity index (χ2v) is 6.97. The lowest BCUT2D eigenvalue weighted by molar-refractivity contribution is 0.190. The van der Waals surface area contributed by atoms with Crippen LogP contribution in [0.1, 0.15) is 69.2 Å². The molecule has 0 radical (unpaired) electrons. The molecule has 0 aliphatic heterocycles. The number of nitrogens with zero attached hydrogens (tertiary/aromatic N) is 3. The van der Waals surface area contributed by atoms with Crippen LogP contribution >= 0.6 is 0 Å². The van der Waals surface area contributed by atoms with Crippen molar-refractivity contribution in [3.63, 3.8) is 0 Å². The summed E-state index contributed by atoms with van der Waals surface area (Å²) in [6.07, 6.45) is 3.13. The molecule has 2 rings (SSSR count). The molecular weight excluding hydrogens is 379 g/mol. The molecule has 2 aromatic rings. The lowest BCUT2D eigenvalue weighted by atomic mass is 10.0. The van der Waals surface area contributed by atoms with Crippen LogP contribution in [0.15, 0.2) is 25.3 Å². The van der Waals surface area contributed by atoms with Gasteiger partial charge in [0.1, 0.15) is 5.82 Å². The summed E-state index contributed by atoms with van der Waals surface area (Å²) in [7, 11) is 1.62. The standard InChI is InChI=1S/C17H24N4.C5H11FO.C2H4/c1-6-13-12(8-9-15(20-13)10(3)4)16-11(5)19-17(18)14(7-2)21-16;1-7-5-3-2-4-6;1-2/h8-10H,6-7H2,1-5H3,(H2,18,19);2-5H2,1H3;1-2H2. The van der Waals surface area contributed by atoms with Crippen LogP contribution in [-0.2, 0) is 17.6 Å². The Morgan fingerprint density at radius 1 is 1.03 bits per heavy atom. The zero-order chi connectivity index (χ0) is 23.1. The third-order valence-electron chi connectivity index (χ3n) is 4.42. The first kappa shape index (κ1) is 27.7. The van der Waals surface area contributed by atoms with Crippen LogP contribution in [0.4, 0.5) is 10.2 Å². The first-order valence-electron chi connectivity index (χ1n) is 10.6. The van der Waals surface area contributed by atoms with Crippen molar-refractivity contribution in [2.45, 2.75) is 66.2 Å². The van der Waals surface area contributed by atoms with E-state index in [0.717, 1.165) is 53.3 Å². The van der Waals surface area contributed by atoms with E-state index >= 15 is 0 Å². The Hall–Kier alpha value is -2.34. The SMILES string of the molecule is C=C.CCc1nc(C(C)C)ccc1-c1nc(CC)c(N)nc1C.COCCCCF. The van der Waals surface area contributed by atoms with Crippen molar-refractivity contribution >= 4 is 5.82 Å². The normalized spacial score (nSPS) is 10.1. The molecule has 2 aromatic heterocycles. The molecule has 0 bridgehead atoms. The average Bonchev–Trinajstić information content (AvgIpc) is 2.76. The molecule has 2 N–H and O–H groups in total. The topological polar surface area (TPSA) is 73.9 Å². The molecule has 0 aliphatic carbocycles. The highest BCUT2D eigenvalue weighted by Crippen LogP contribution is 2.27. The molecular formula is C24H39FN4O. The largest absolute Gasteiger partial charge is 0.385 e. The van der Waals surface area contributed by atoms with Gasteiger partial charge >= 0.3 is 0 Å². The van der Waals surface area contributed by atoms with Crippen molar-refractivity contribution < 1.29 is 9.13 Å². The fourth-order valence-corrected chi connectivity index (χ4v) is 2.75. The van der Waals surface area contributed by atoms with Gasteiger partial charge in [-0.3, -0.25) is 9.37 Å². The number of methoxy groups -OCH3 is 1. The van der Waals surface area contributed by atoms with Gasteiger partial charge in [-0.2, -0.15) is 0 Å². The maximum absolute atomic E-state index is 11.3. The van der Waals surface area contributed by atoms with Crippen molar-refractivity contribution in [2.24, 2.45) is 0 Å². The van der Waals surface area contributed by atoms with E-state index in [9.17, 15) is 4.39 Å². The fourth-order valence-electron chi connectivity index (χ4n) is 2.75. The minimum atomic E-state index is -0.219. The molecule has 0 saturated heterocycles. The number of aryl methyl sites for hydroxylation is 3. The second kappa shape index (κ2) is 15.5. The molecule has 0 fully saturated rings. The third-order valence-corrected chi connectivity index (χ3v) is 4.42. The number of aromatic nitrogens is 3. The second-order valence-electron chi connectivity index (χ2n) is 6.97. The van der Waals surface area contributed by atoms with Crippen LogP contribution in [0.2, 0.25) is 0 Å². The number of anilines is 1. The Labute approximate surface area is 182 Å². The average molecular weight is 419 g/mol. The summed E-state index contributed by atoms with van der Waals surface area (Å²) in [5, 5.41) is 0. The molecule has 0 saturated carbocycles. The highest BCUT2D eigenvalue weighted by molar-refractivity contribution is 5.65. The summed E-state index contributed by atoms with van der Waals surface area (Å²) in [5.41, 5.74) is 11.8. The number of nitrogen functional groups attached to an aromatic ring is 1. The van der Waals surface area contributed by atoms with E-state index in [-0.39, 0.29) is 6.67 Å². The van der Waals surface area contributed by atoms with E-state index in [0.29, 0.717) is 24.8 Å². The molecule has 0 atom stereocenters. The minimum absolute atomic E-state index is 0.219. The summed E-state index contributed by atoms with van der Waals surface area (Å²) in [4.78, 5) is 13.9. The molecule has 0 unspecified atom stereocenters. The molecule has 168 valence electrons. The predicted molar refractivity (Wildman–Crippen MR) is 126 cm³/mol. The number of ether oxygens (including phenoxy) is 1. The van der Waals surface area contributed by atoms with E-state index in [1.165, 1.54) is 0 Å². The highest BCUT2D eigenvalue weighted by Gasteiger charge is 2.15. The van der Waals surface area contributed by atoms with Gasteiger partial charge in [-0.05, 0) is 50.7 Å². The number of halogens is 1. The molecule has 0 amide bonds. The Kier molecular flexibility index (Phi) is 14.3. The first-order valence-corrected chi connectivity index (χ1v) is 10.6. The molecule has 0 aromatic carbocycles. The number of alkyl halides is 1. The van der Waals surface area contributed by atoms with Crippen molar-refractivity contribution in [2.75, 3.05) is 26.1 Å². The zero-order valence-electron chi connectivity index (χ0n) is 19.6. The van der Waals surface area contributed by atoms with E-state index in [1.807, 2.05) is 13.8 Å². The van der Waals surface area contributed by atoms with Gasteiger partial charge in [-0.25, -0.2) is 9.97 Å². The van der Waals surface area contributed by atoms with E-state index in [1.54, 1.807) is 7.11 Å². The Bertz CT molecular complexity index is 746. The van der Waals surface area contributed by atoms with Crippen LogP contribution < -0.4 is 5.73 Å². The number of hydrogen-bond acceptors (Lipinski definition) is 5. The van der Waals surface area contributed by atoms with E-state index in [4.69, 9.17) is 15.7 Å². The Morgan fingerprint density at radius 3 is 2.17 bits per heavy atom. The number of hydrogen-bond donors (Lipinski definition) is 1. The van der Waals surface area contributed by atoms with Crippen molar-refractivity contribution in [1.82, 2.24) is 15.0 Å². The highest BCUT2D eigenvalue weighted by atomic mass is 19.1. The molecule has 30 heavy (non-hydrogen) atoms. The quantitative estimate of drug-likeness (QED) is 0.429. The maximum atomic E-state index is 11.3. The van der Waals surface area contributed by atoms with E-state index < -0.39 is 0 Å². The van der Waals surface area contributed by atoms with Crippen molar-refractivity contribution in [3.05, 3.63) is 48.1 Å². The lowest BCUT2D eigenvalue weighted by Gasteiger charge is -2.14. The minimum Gasteiger partial charge on any atom is -0.385 e. The van der Waals surface area contributed by atoms with Crippen LogP contribution in [-0.4, -0.2) is 35.3 Å². The molecule has 0 spiro atoms. The fraction of sp³-hybridized carbons (Fsp3) is 0.542. The van der Waals surface area contributed by atoms with Crippen LogP contribution in [0.5, 0.6) is 0 Å². The van der Waals surface area contributed by atoms with Gasteiger partial charge in [0, 0.05) is 30.7 Å². The third kappa shape index (κ3) is 8.57. The number of unbranched alkanes of at least 4 members (excludes halogenated alkanes) is 1. The first-order chi connectivity index (χ1) is 14.4. The van der Waals surface area contributed by atoms with Gasteiger partial charge in [-0.1, -0.05) is 27.7 Å². The summed E-state index contributed by atoms with van der Waals surface area (Å²) >= 11 is 0. The molecule has 0 aliphatic rings. The van der Waals surface area contributed by atoms with E-state index in [2.05, 4.69) is 55.8 Å². The maximum Gasteiger partial charge on any atom is 0.145 e. The van der Waals surface area contributed by atoms with Gasteiger partial charge in [-0.15, -0.1) is 13.2 Å². The number of rotatable bonds is 8. The van der Waals surface area contributed by atoms with Gasteiger partial charge in [0.25, 0.3) is 0 Å². The summed E-state index contributed by atoms with van der Waals surface area (Å²) in [6, 6.07) is 4.20. The van der Waals surface area contributed by atoms with Crippen molar-refractivity contribution in [3.8, 4) is 11.3 Å². The lowest BCUT2D eigenvalue weighted by Crippen LogP contribution is -2.07. The summed E-state index contributed by atoms with van der Waals surface area (Å²) < 4.78 is 15.9. The van der Waals surface area contributed by atoms with Gasteiger partial charge < -0.3 is 10.5 Å². The Morgan fingerprint density at radius 2 is 1.67 bits per heavy atom. The monoisotopic (exact) mass is 418 g/mol. The summed E-state index contributed by atoms with van der Waals surface area (Å²) in [5.74, 6) is 0.956. The summed E-state index contributed by atoms with van der Waals surface area (Å²) in [6.45, 7) is 16.9. The molecule has 5 nitrogen and oxygen atoms in total. The molecule has 6 heteroatoms. The number of nitrogens with two attached hydrogens (primary N) is 1. The Balaban J connectivity index is 0.000000795. The predicted octanol–water partition coefficient (Wildman–Crippen LogP) is 5.86. The molecule has 2 heterocycles. The van der Waals surface area contributed by atoms with Gasteiger partial charge in [0.2, 0.25) is 0 Å².